The zero-order valence-corrected chi connectivity index (χ0v) is 17.4. The van der Waals surface area contributed by atoms with Crippen molar-refractivity contribution in [3.8, 4) is 16.9 Å². The fourth-order valence-electron chi connectivity index (χ4n) is 3.61. The molecule has 0 amide bonds. The summed E-state index contributed by atoms with van der Waals surface area (Å²) in [7, 11) is 0. The van der Waals surface area contributed by atoms with Gasteiger partial charge in [-0.25, -0.2) is 9.59 Å². The Labute approximate surface area is 181 Å². The topological polar surface area (TPSA) is 74.3 Å². The summed E-state index contributed by atoms with van der Waals surface area (Å²) in [5.74, 6) is -0.270. The molecule has 2 aliphatic rings. The second-order valence-electron chi connectivity index (χ2n) is 7.39. The third kappa shape index (κ3) is 5.51. The van der Waals surface area contributed by atoms with Gasteiger partial charge in [0.25, 0.3) is 0 Å². The summed E-state index contributed by atoms with van der Waals surface area (Å²) in [5.41, 5.74) is 3.30. The number of hydrogen-bond acceptors (Lipinski definition) is 7. The van der Waals surface area contributed by atoms with Gasteiger partial charge >= 0.3 is 11.9 Å². The van der Waals surface area contributed by atoms with E-state index in [2.05, 4.69) is 12.1 Å². The van der Waals surface area contributed by atoms with Crippen LogP contribution in [0.15, 0.2) is 60.7 Å². The van der Waals surface area contributed by atoms with Gasteiger partial charge < -0.3 is 19.0 Å². The number of ether oxygens (including phenoxy) is 3. The van der Waals surface area contributed by atoms with Crippen LogP contribution in [0.2, 0.25) is 0 Å². The molecule has 1 saturated heterocycles. The Balaban J connectivity index is 1.32. The van der Waals surface area contributed by atoms with Crippen LogP contribution in [0.4, 0.5) is 0 Å². The van der Waals surface area contributed by atoms with Crippen molar-refractivity contribution in [2.24, 2.45) is 0 Å². The lowest BCUT2D eigenvalue weighted by atomic mass is 10.0. The SMILES string of the molecule is CCOc1ccc(-c2ccc(COC3CCN4OC(=O)/C=C/C(=O)OC4C3)cc2)cc1. The number of nitrogens with zero attached hydrogens (tertiary/aromatic N) is 1. The Morgan fingerprint density at radius 2 is 1.65 bits per heavy atom. The first kappa shape index (κ1) is 21.1. The smallest absolute Gasteiger partial charge is 0.350 e. The van der Waals surface area contributed by atoms with E-state index in [1.54, 1.807) is 0 Å². The Morgan fingerprint density at radius 3 is 2.35 bits per heavy atom. The van der Waals surface area contributed by atoms with Crippen molar-refractivity contribution in [1.82, 2.24) is 5.06 Å². The highest BCUT2D eigenvalue weighted by molar-refractivity contribution is 5.92. The van der Waals surface area contributed by atoms with Gasteiger partial charge in [-0.3, -0.25) is 0 Å². The fraction of sp³-hybridized carbons (Fsp3) is 0.333. The highest BCUT2D eigenvalue weighted by Gasteiger charge is 2.35. The monoisotopic (exact) mass is 423 g/mol. The second kappa shape index (κ2) is 9.76. The largest absolute Gasteiger partial charge is 0.494 e. The predicted molar refractivity (Wildman–Crippen MR) is 113 cm³/mol. The lowest BCUT2D eigenvalue weighted by Gasteiger charge is -2.36. The molecule has 4 rings (SSSR count). The van der Waals surface area contributed by atoms with Crippen LogP contribution in [0.25, 0.3) is 11.1 Å². The van der Waals surface area contributed by atoms with Crippen molar-refractivity contribution in [1.29, 1.82) is 0 Å². The highest BCUT2D eigenvalue weighted by Crippen LogP contribution is 2.25. The Kier molecular flexibility index (Phi) is 6.64. The number of piperidine rings is 1. The molecule has 31 heavy (non-hydrogen) atoms. The molecular formula is C24H25NO6. The van der Waals surface area contributed by atoms with Gasteiger partial charge in [-0.15, -0.1) is 0 Å². The minimum atomic E-state index is -0.637. The molecule has 7 nitrogen and oxygen atoms in total. The van der Waals surface area contributed by atoms with E-state index >= 15 is 0 Å². The van der Waals surface area contributed by atoms with Gasteiger partial charge in [0.15, 0.2) is 6.23 Å². The van der Waals surface area contributed by atoms with Gasteiger partial charge in [-0.05, 0) is 42.2 Å². The second-order valence-corrected chi connectivity index (χ2v) is 7.39. The van der Waals surface area contributed by atoms with Gasteiger partial charge in [0.2, 0.25) is 0 Å². The molecule has 1 fully saturated rings. The lowest BCUT2D eigenvalue weighted by molar-refractivity contribution is -0.258. The van der Waals surface area contributed by atoms with Crippen LogP contribution in [0.3, 0.4) is 0 Å². The number of carbonyl (C=O) groups is 2. The maximum absolute atomic E-state index is 11.7. The van der Waals surface area contributed by atoms with Gasteiger partial charge in [-0.2, -0.15) is 0 Å². The Bertz CT molecular complexity index is 938. The molecule has 0 saturated carbocycles. The van der Waals surface area contributed by atoms with Crippen molar-refractivity contribution >= 4 is 11.9 Å². The van der Waals surface area contributed by atoms with Gasteiger partial charge in [0, 0.05) is 25.1 Å². The maximum Gasteiger partial charge on any atom is 0.350 e. The van der Waals surface area contributed by atoms with E-state index in [0.29, 0.717) is 32.6 Å². The average molecular weight is 423 g/mol. The van der Waals surface area contributed by atoms with E-state index in [4.69, 9.17) is 19.0 Å². The van der Waals surface area contributed by atoms with E-state index in [9.17, 15) is 9.59 Å². The van der Waals surface area contributed by atoms with E-state index in [-0.39, 0.29) is 6.10 Å². The first-order valence-corrected chi connectivity index (χ1v) is 10.4. The third-order valence-electron chi connectivity index (χ3n) is 5.21. The molecule has 0 aliphatic carbocycles. The lowest BCUT2D eigenvalue weighted by Crippen LogP contribution is -2.48. The van der Waals surface area contributed by atoms with E-state index in [0.717, 1.165) is 34.6 Å². The molecular weight excluding hydrogens is 398 g/mol. The van der Waals surface area contributed by atoms with Crippen molar-refractivity contribution in [2.75, 3.05) is 13.2 Å². The molecule has 2 atom stereocenters. The molecule has 2 aromatic carbocycles. The molecule has 7 heteroatoms. The van der Waals surface area contributed by atoms with Crippen molar-refractivity contribution in [3.05, 3.63) is 66.2 Å². The highest BCUT2D eigenvalue weighted by atomic mass is 16.7. The third-order valence-corrected chi connectivity index (χ3v) is 5.21. The normalized spacial score (nSPS) is 22.5. The molecule has 162 valence electrons. The van der Waals surface area contributed by atoms with Gasteiger partial charge in [0.1, 0.15) is 5.75 Å². The molecule has 2 heterocycles. The molecule has 0 N–H and O–H groups in total. The summed E-state index contributed by atoms with van der Waals surface area (Å²) < 4.78 is 16.9. The Hall–Kier alpha value is -3.16. The van der Waals surface area contributed by atoms with Crippen LogP contribution in [-0.4, -0.2) is 42.5 Å². The van der Waals surface area contributed by atoms with E-state index in [1.807, 2.05) is 43.3 Å². The number of hydrogen-bond donors (Lipinski definition) is 0. The summed E-state index contributed by atoms with van der Waals surface area (Å²) in [5, 5.41) is 1.41. The minimum Gasteiger partial charge on any atom is -0.494 e. The summed E-state index contributed by atoms with van der Waals surface area (Å²) in [6.45, 7) is 3.51. The fourth-order valence-corrected chi connectivity index (χ4v) is 3.61. The first-order chi connectivity index (χ1) is 15.1. The number of hydroxylamine groups is 2. The van der Waals surface area contributed by atoms with E-state index < -0.39 is 18.2 Å². The van der Waals surface area contributed by atoms with Crippen LogP contribution in [0.5, 0.6) is 5.75 Å². The van der Waals surface area contributed by atoms with Gasteiger partial charge in [0.05, 0.1) is 19.3 Å². The Morgan fingerprint density at radius 1 is 0.968 bits per heavy atom. The van der Waals surface area contributed by atoms with Crippen molar-refractivity contribution < 1.29 is 28.6 Å². The number of benzene rings is 2. The van der Waals surface area contributed by atoms with Crippen molar-refractivity contribution in [2.45, 2.75) is 38.7 Å². The zero-order valence-electron chi connectivity index (χ0n) is 17.4. The standard InChI is InChI=1S/C24H25NO6/c1-2-28-20-9-7-19(8-10-20)18-5-3-17(4-6-18)16-29-21-13-14-25-22(15-21)30-23(26)11-12-24(27)31-25/h3-12,21-22H,2,13-16H2,1H3/b12-11+. The molecule has 0 bridgehead atoms. The maximum atomic E-state index is 11.7. The van der Waals surface area contributed by atoms with Crippen LogP contribution in [0.1, 0.15) is 25.3 Å². The summed E-state index contributed by atoms with van der Waals surface area (Å²) in [4.78, 5) is 28.5. The molecule has 2 aliphatic heterocycles. The summed E-state index contributed by atoms with van der Waals surface area (Å²) >= 11 is 0. The first-order valence-electron chi connectivity index (χ1n) is 10.4. The number of esters is 1. The quantitative estimate of drug-likeness (QED) is 0.657. The van der Waals surface area contributed by atoms with Crippen LogP contribution >= 0.6 is 0 Å². The zero-order chi connectivity index (χ0) is 21.6. The number of rotatable bonds is 6. The number of carbonyl (C=O) groups excluding carboxylic acids is 2. The summed E-state index contributed by atoms with van der Waals surface area (Å²) in [6, 6.07) is 16.3. The van der Waals surface area contributed by atoms with Crippen LogP contribution < -0.4 is 4.74 Å². The van der Waals surface area contributed by atoms with Crippen LogP contribution in [-0.2, 0) is 30.5 Å². The van der Waals surface area contributed by atoms with Crippen molar-refractivity contribution in [3.63, 3.8) is 0 Å². The molecule has 0 spiro atoms. The average Bonchev–Trinajstić information content (AvgIpc) is 2.78. The minimum absolute atomic E-state index is 0.0954. The molecule has 2 unspecified atom stereocenters. The molecule has 2 aromatic rings. The van der Waals surface area contributed by atoms with E-state index in [1.165, 1.54) is 5.06 Å². The molecule has 0 aromatic heterocycles. The summed E-state index contributed by atoms with van der Waals surface area (Å²) in [6.07, 6.45) is 2.53. The van der Waals surface area contributed by atoms with Crippen LogP contribution in [0, 0.1) is 0 Å². The van der Waals surface area contributed by atoms with Gasteiger partial charge in [-0.1, -0.05) is 41.5 Å². The predicted octanol–water partition coefficient (Wildman–Crippen LogP) is 3.63. The molecule has 0 radical (unpaired) electrons. The number of fused-ring (bicyclic) bond motifs is 1.